The summed E-state index contributed by atoms with van der Waals surface area (Å²) >= 11 is 0. The third kappa shape index (κ3) is 39.6. The van der Waals surface area contributed by atoms with Crippen LogP contribution in [0.5, 0.6) is 0 Å². The topological polar surface area (TPSA) is 104 Å². The van der Waals surface area contributed by atoms with Crippen LogP contribution in [0.1, 0.15) is 219 Å². The Hall–Kier alpha value is -1.44. The molecule has 0 aliphatic carbocycles. The molecule has 0 aromatic heterocycles. The van der Waals surface area contributed by atoms with Crippen LogP contribution in [0.4, 0.5) is 0 Å². The molecule has 0 aliphatic heterocycles. The molecule has 0 spiro atoms. The molecule has 6 nitrogen and oxygen atoms in total. The van der Waals surface area contributed by atoms with Gasteiger partial charge in [0.1, 0.15) is 0 Å². The Morgan fingerprint density at radius 2 is 0.882 bits per heavy atom. The van der Waals surface area contributed by atoms with E-state index >= 15 is 0 Å². The van der Waals surface area contributed by atoms with E-state index in [4.69, 9.17) is 0 Å². The number of aliphatic hydroxyl groups excluding tert-OH is 1. The largest absolute Gasteiger partial charge is 0.387 e. The normalized spacial score (nSPS) is 13.6. The van der Waals surface area contributed by atoms with E-state index in [0.717, 1.165) is 57.8 Å². The average Bonchev–Trinajstić information content (AvgIpc) is 3.09. The Balaban J connectivity index is 3.91. The summed E-state index contributed by atoms with van der Waals surface area (Å²) in [5.74, 6) is -0.993. The standard InChI is InChI=1S/C44H83NO5S/c1-3-5-7-9-11-13-15-17-19-21-22-23-24-25-27-29-31-33-35-37-39-43(46)42(41-51(48,49)50)45-44(47)40-38-36-34-32-30-28-26-20-18-16-14-12-10-8-6-4-2/h14,16,20,26,37,39,42-43,46H,3-13,15,17-19,21-25,27-36,38,40-41H2,1-2H3,(H,45,47)(H,48,49,50)/b16-14-,26-20-,39-37+. The van der Waals surface area contributed by atoms with Gasteiger partial charge in [0, 0.05) is 6.42 Å². The van der Waals surface area contributed by atoms with Crippen LogP contribution in [-0.2, 0) is 14.9 Å². The molecular weight excluding hydrogens is 655 g/mol. The number of carbonyl (C=O) groups is 1. The highest BCUT2D eigenvalue weighted by atomic mass is 32.2. The van der Waals surface area contributed by atoms with Crippen LogP contribution in [0.15, 0.2) is 36.5 Å². The lowest BCUT2D eigenvalue weighted by Gasteiger charge is -2.21. The van der Waals surface area contributed by atoms with Crippen LogP contribution in [-0.4, -0.2) is 41.9 Å². The van der Waals surface area contributed by atoms with Crippen LogP contribution in [0.25, 0.3) is 0 Å². The lowest BCUT2D eigenvalue weighted by atomic mass is 10.0. The number of rotatable bonds is 39. The van der Waals surface area contributed by atoms with Gasteiger partial charge in [-0.1, -0.05) is 198 Å². The number of nitrogens with one attached hydrogen (secondary N) is 1. The number of amides is 1. The molecule has 0 saturated heterocycles. The molecule has 2 atom stereocenters. The van der Waals surface area contributed by atoms with E-state index in [1.807, 2.05) is 6.08 Å². The number of allylic oxidation sites excluding steroid dienone is 5. The Labute approximate surface area is 316 Å². The zero-order chi connectivity index (χ0) is 37.5. The van der Waals surface area contributed by atoms with Crippen LogP contribution in [0.2, 0.25) is 0 Å². The lowest BCUT2D eigenvalue weighted by Crippen LogP contribution is -2.46. The number of hydrogen-bond acceptors (Lipinski definition) is 4. The first-order valence-electron chi connectivity index (χ1n) is 21.7. The minimum atomic E-state index is -4.35. The molecule has 2 unspecified atom stereocenters. The molecule has 0 rings (SSSR count). The first kappa shape index (κ1) is 49.6. The molecule has 0 aromatic carbocycles. The van der Waals surface area contributed by atoms with Crippen molar-refractivity contribution < 1.29 is 22.9 Å². The van der Waals surface area contributed by atoms with Gasteiger partial charge in [0.05, 0.1) is 17.9 Å². The fraction of sp³-hybridized carbons (Fsp3) is 0.841. The van der Waals surface area contributed by atoms with E-state index in [9.17, 15) is 22.9 Å². The molecular formula is C44H83NO5S. The van der Waals surface area contributed by atoms with Gasteiger partial charge >= 0.3 is 0 Å². The maximum atomic E-state index is 12.5. The summed E-state index contributed by atoms with van der Waals surface area (Å²) in [5.41, 5.74) is 0. The summed E-state index contributed by atoms with van der Waals surface area (Å²) in [7, 11) is -4.35. The molecule has 0 heterocycles. The highest BCUT2D eigenvalue weighted by Gasteiger charge is 2.24. The predicted molar refractivity (Wildman–Crippen MR) is 221 cm³/mol. The van der Waals surface area contributed by atoms with E-state index in [0.29, 0.717) is 6.42 Å². The quantitative estimate of drug-likeness (QED) is 0.0331. The summed E-state index contributed by atoms with van der Waals surface area (Å²) < 4.78 is 32.5. The van der Waals surface area contributed by atoms with Gasteiger partial charge in [-0.3, -0.25) is 9.35 Å². The third-order valence-corrected chi connectivity index (χ3v) is 10.6. The van der Waals surface area contributed by atoms with Crippen LogP contribution in [0.3, 0.4) is 0 Å². The van der Waals surface area contributed by atoms with Crippen molar-refractivity contribution in [3.8, 4) is 0 Å². The van der Waals surface area contributed by atoms with Crippen molar-refractivity contribution in [3.63, 3.8) is 0 Å². The monoisotopic (exact) mass is 738 g/mol. The van der Waals surface area contributed by atoms with Gasteiger partial charge in [-0.2, -0.15) is 8.42 Å². The van der Waals surface area contributed by atoms with Gasteiger partial charge < -0.3 is 10.4 Å². The third-order valence-electron chi connectivity index (χ3n) is 9.81. The zero-order valence-electron chi connectivity index (χ0n) is 33.5. The molecule has 300 valence electrons. The number of unbranched alkanes of at least 4 members (excludes halogenated alkanes) is 27. The number of aliphatic hydroxyl groups is 1. The minimum absolute atomic E-state index is 0.280. The fourth-order valence-electron chi connectivity index (χ4n) is 6.54. The maximum Gasteiger partial charge on any atom is 0.267 e. The summed E-state index contributed by atoms with van der Waals surface area (Å²) in [5, 5.41) is 13.2. The van der Waals surface area contributed by atoms with Gasteiger partial charge in [-0.15, -0.1) is 0 Å². The Morgan fingerprint density at radius 1 is 0.529 bits per heavy atom. The van der Waals surface area contributed by atoms with Gasteiger partial charge in [0.25, 0.3) is 10.1 Å². The van der Waals surface area contributed by atoms with Gasteiger partial charge in [0.2, 0.25) is 5.91 Å². The summed E-state index contributed by atoms with van der Waals surface area (Å²) in [4.78, 5) is 12.5. The first-order chi connectivity index (χ1) is 24.8. The Morgan fingerprint density at radius 3 is 1.29 bits per heavy atom. The van der Waals surface area contributed by atoms with Crippen LogP contribution >= 0.6 is 0 Å². The van der Waals surface area contributed by atoms with Crippen molar-refractivity contribution in [2.75, 3.05) is 5.75 Å². The summed E-state index contributed by atoms with van der Waals surface area (Å²) in [6, 6.07) is -1.06. The molecule has 0 fully saturated rings. The molecule has 0 radical (unpaired) electrons. The molecule has 0 aliphatic rings. The van der Waals surface area contributed by atoms with Crippen molar-refractivity contribution in [3.05, 3.63) is 36.5 Å². The number of hydrogen-bond donors (Lipinski definition) is 3. The van der Waals surface area contributed by atoms with Crippen molar-refractivity contribution in [2.45, 2.75) is 231 Å². The average molecular weight is 738 g/mol. The second-order valence-electron chi connectivity index (χ2n) is 15.0. The van der Waals surface area contributed by atoms with E-state index in [2.05, 4.69) is 43.5 Å². The van der Waals surface area contributed by atoms with E-state index < -0.39 is 28.0 Å². The second-order valence-corrected chi connectivity index (χ2v) is 16.5. The van der Waals surface area contributed by atoms with Crippen molar-refractivity contribution in [2.24, 2.45) is 0 Å². The van der Waals surface area contributed by atoms with Crippen molar-refractivity contribution >= 4 is 16.0 Å². The summed E-state index contributed by atoms with van der Waals surface area (Å²) in [6.45, 7) is 4.51. The fourth-order valence-corrected chi connectivity index (χ4v) is 7.27. The predicted octanol–water partition coefficient (Wildman–Crippen LogP) is 12.9. The SMILES string of the molecule is CCCCCC/C=C\C/C=C\CCCCCCCC(=O)NC(CS(=O)(=O)O)C(O)/C=C/CCCCCCCCCCCCCCCCCCCC. The molecule has 3 N–H and O–H groups in total. The van der Waals surface area contributed by atoms with E-state index in [1.165, 1.54) is 135 Å². The molecule has 0 bridgehead atoms. The van der Waals surface area contributed by atoms with Crippen LogP contribution in [0, 0.1) is 0 Å². The highest BCUT2D eigenvalue weighted by molar-refractivity contribution is 7.85. The summed E-state index contributed by atoms with van der Waals surface area (Å²) in [6.07, 6.45) is 49.9. The lowest BCUT2D eigenvalue weighted by molar-refractivity contribution is -0.122. The Bertz CT molecular complexity index is 945. The molecule has 7 heteroatoms. The van der Waals surface area contributed by atoms with Crippen LogP contribution < -0.4 is 5.32 Å². The number of carbonyl (C=O) groups excluding carboxylic acids is 1. The van der Waals surface area contributed by atoms with E-state index in [-0.39, 0.29) is 12.3 Å². The van der Waals surface area contributed by atoms with Gasteiger partial charge in [-0.05, 0) is 51.4 Å². The highest BCUT2D eigenvalue weighted by Crippen LogP contribution is 2.15. The molecule has 1 amide bonds. The smallest absolute Gasteiger partial charge is 0.267 e. The Kier molecular flexibility index (Phi) is 37.2. The molecule has 51 heavy (non-hydrogen) atoms. The molecule has 0 saturated carbocycles. The van der Waals surface area contributed by atoms with Gasteiger partial charge in [-0.25, -0.2) is 0 Å². The van der Waals surface area contributed by atoms with Crippen molar-refractivity contribution in [1.29, 1.82) is 0 Å². The van der Waals surface area contributed by atoms with E-state index in [1.54, 1.807) is 6.08 Å². The van der Waals surface area contributed by atoms with Crippen molar-refractivity contribution in [1.82, 2.24) is 5.32 Å². The van der Waals surface area contributed by atoms with Gasteiger partial charge in [0.15, 0.2) is 0 Å². The maximum absolute atomic E-state index is 12.5. The zero-order valence-corrected chi connectivity index (χ0v) is 34.3. The second kappa shape index (κ2) is 38.3. The first-order valence-corrected chi connectivity index (χ1v) is 23.3. The molecule has 0 aromatic rings. The minimum Gasteiger partial charge on any atom is -0.387 e.